The molecule has 0 bridgehead atoms. The maximum atomic E-state index is 12.2. The van der Waals surface area contributed by atoms with E-state index in [0.717, 1.165) is 18.4 Å². The molecule has 1 aromatic rings. The number of amides is 1. The van der Waals surface area contributed by atoms with Gasteiger partial charge in [-0.3, -0.25) is 4.79 Å². The average Bonchev–Trinajstić information content (AvgIpc) is 2.40. The summed E-state index contributed by atoms with van der Waals surface area (Å²) in [5, 5.41) is 3.07. The van der Waals surface area contributed by atoms with E-state index in [9.17, 15) is 4.79 Å². The average molecular weight is 268 g/mol. The van der Waals surface area contributed by atoms with Gasteiger partial charge in [0, 0.05) is 24.7 Å². The number of carbonyl (C=O) groups is 1. The number of nitrogens with one attached hydrogen (secondary N) is 1. The standard InChI is InChI=1S/C14H18ClNO2/c1-11-2-4-12(5-3-11)13(17)16-14(10-15)6-8-18-9-7-14/h2-5H,6-10H2,1H3,(H,16,17). The van der Waals surface area contributed by atoms with E-state index < -0.39 is 0 Å². The second-order valence-corrected chi connectivity index (χ2v) is 5.11. The molecule has 18 heavy (non-hydrogen) atoms. The zero-order chi connectivity index (χ0) is 13.0. The Bertz CT molecular complexity index is 410. The van der Waals surface area contributed by atoms with Crippen LogP contribution in [0.3, 0.4) is 0 Å². The van der Waals surface area contributed by atoms with Gasteiger partial charge in [0.05, 0.1) is 5.54 Å². The summed E-state index contributed by atoms with van der Waals surface area (Å²) in [5.41, 5.74) is 1.50. The fraction of sp³-hybridized carbons (Fsp3) is 0.500. The van der Waals surface area contributed by atoms with Gasteiger partial charge in [-0.2, -0.15) is 0 Å². The fourth-order valence-electron chi connectivity index (χ4n) is 2.07. The zero-order valence-electron chi connectivity index (χ0n) is 10.5. The first kappa shape index (κ1) is 13.4. The minimum Gasteiger partial charge on any atom is -0.381 e. The summed E-state index contributed by atoms with van der Waals surface area (Å²) >= 11 is 6.02. The molecule has 4 heteroatoms. The van der Waals surface area contributed by atoms with Crippen LogP contribution in [0.5, 0.6) is 0 Å². The Balaban J connectivity index is 2.07. The van der Waals surface area contributed by atoms with Crippen LogP contribution in [0.15, 0.2) is 24.3 Å². The van der Waals surface area contributed by atoms with Crippen molar-refractivity contribution in [3.8, 4) is 0 Å². The van der Waals surface area contributed by atoms with E-state index in [-0.39, 0.29) is 11.4 Å². The Kier molecular flexibility index (Phi) is 4.25. The van der Waals surface area contributed by atoms with Gasteiger partial charge in [0.1, 0.15) is 0 Å². The van der Waals surface area contributed by atoms with Crippen molar-refractivity contribution in [3.05, 3.63) is 35.4 Å². The third kappa shape index (κ3) is 3.03. The molecule has 0 unspecified atom stereocenters. The second kappa shape index (κ2) is 5.72. The van der Waals surface area contributed by atoms with Crippen LogP contribution >= 0.6 is 11.6 Å². The van der Waals surface area contributed by atoms with Gasteiger partial charge in [0.2, 0.25) is 0 Å². The lowest BCUT2D eigenvalue weighted by atomic mass is 9.91. The van der Waals surface area contributed by atoms with Crippen molar-refractivity contribution >= 4 is 17.5 Å². The highest BCUT2D eigenvalue weighted by Gasteiger charge is 2.33. The van der Waals surface area contributed by atoms with Crippen LogP contribution in [0.2, 0.25) is 0 Å². The SMILES string of the molecule is Cc1ccc(C(=O)NC2(CCl)CCOCC2)cc1. The Hall–Kier alpha value is -1.06. The molecule has 0 radical (unpaired) electrons. The maximum Gasteiger partial charge on any atom is 0.251 e. The first-order valence-corrected chi connectivity index (χ1v) is 6.72. The number of hydrogen-bond donors (Lipinski definition) is 1. The topological polar surface area (TPSA) is 38.3 Å². The largest absolute Gasteiger partial charge is 0.381 e. The van der Waals surface area contributed by atoms with E-state index in [1.54, 1.807) is 0 Å². The lowest BCUT2D eigenvalue weighted by Gasteiger charge is -2.36. The van der Waals surface area contributed by atoms with Crippen LogP contribution < -0.4 is 5.32 Å². The predicted molar refractivity (Wildman–Crippen MR) is 72.1 cm³/mol. The molecular formula is C14H18ClNO2. The minimum absolute atomic E-state index is 0.0578. The summed E-state index contributed by atoms with van der Waals surface area (Å²) in [4.78, 5) is 12.2. The Morgan fingerprint density at radius 1 is 1.33 bits per heavy atom. The van der Waals surface area contributed by atoms with Gasteiger partial charge in [-0.05, 0) is 31.9 Å². The van der Waals surface area contributed by atoms with Crippen LogP contribution in [-0.4, -0.2) is 30.5 Å². The van der Waals surface area contributed by atoms with Crippen LogP contribution in [0.25, 0.3) is 0 Å². The van der Waals surface area contributed by atoms with Crippen LogP contribution in [-0.2, 0) is 4.74 Å². The fourth-order valence-corrected chi connectivity index (χ4v) is 2.41. The Morgan fingerprint density at radius 3 is 2.50 bits per heavy atom. The molecule has 1 aliphatic rings. The van der Waals surface area contributed by atoms with E-state index in [0.29, 0.717) is 24.7 Å². The lowest BCUT2D eigenvalue weighted by molar-refractivity contribution is 0.0434. The van der Waals surface area contributed by atoms with Crippen molar-refractivity contribution in [1.29, 1.82) is 0 Å². The number of aryl methyl sites for hydroxylation is 1. The highest BCUT2D eigenvalue weighted by atomic mass is 35.5. The number of halogens is 1. The van der Waals surface area contributed by atoms with E-state index in [1.807, 2.05) is 31.2 Å². The van der Waals surface area contributed by atoms with E-state index in [4.69, 9.17) is 16.3 Å². The molecule has 3 nitrogen and oxygen atoms in total. The number of benzene rings is 1. The Labute approximate surface area is 112 Å². The molecule has 1 heterocycles. The molecule has 1 saturated heterocycles. The van der Waals surface area contributed by atoms with Crippen LogP contribution in [0, 0.1) is 6.92 Å². The molecule has 0 aromatic heterocycles. The molecule has 1 N–H and O–H groups in total. The smallest absolute Gasteiger partial charge is 0.251 e. The van der Waals surface area contributed by atoms with E-state index in [1.165, 1.54) is 0 Å². The normalized spacial score (nSPS) is 18.3. The van der Waals surface area contributed by atoms with Gasteiger partial charge in [-0.1, -0.05) is 17.7 Å². The number of rotatable bonds is 3. The maximum absolute atomic E-state index is 12.2. The molecular weight excluding hydrogens is 250 g/mol. The van der Waals surface area contributed by atoms with E-state index in [2.05, 4.69) is 5.32 Å². The van der Waals surface area contributed by atoms with Crippen LogP contribution in [0.4, 0.5) is 0 Å². The summed E-state index contributed by atoms with van der Waals surface area (Å²) in [6.45, 7) is 3.31. The first-order valence-electron chi connectivity index (χ1n) is 6.18. The monoisotopic (exact) mass is 267 g/mol. The summed E-state index contributed by atoms with van der Waals surface area (Å²) < 4.78 is 5.32. The van der Waals surface area contributed by atoms with Crippen molar-refractivity contribution in [1.82, 2.24) is 5.32 Å². The van der Waals surface area contributed by atoms with Crippen molar-refractivity contribution < 1.29 is 9.53 Å². The summed E-state index contributed by atoms with van der Waals surface area (Å²) in [6, 6.07) is 7.55. The van der Waals surface area contributed by atoms with Gasteiger partial charge in [0.25, 0.3) is 5.91 Å². The van der Waals surface area contributed by atoms with Crippen molar-refractivity contribution in [2.45, 2.75) is 25.3 Å². The number of ether oxygens (including phenoxy) is 1. The van der Waals surface area contributed by atoms with Gasteiger partial charge < -0.3 is 10.1 Å². The molecule has 0 saturated carbocycles. The third-order valence-electron chi connectivity index (χ3n) is 3.40. The molecule has 0 spiro atoms. The van der Waals surface area contributed by atoms with Gasteiger partial charge in [-0.25, -0.2) is 0 Å². The molecule has 0 atom stereocenters. The highest BCUT2D eigenvalue weighted by Crippen LogP contribution is 2.22. The van der Waals surface area contributed by atoms with Gasteiger partial charge in [0.15, 0.2) is 0 Å². The highest BCUT2D eigenvalue weighted by molar-refractivity contribution is 6.19. The minimum atomic E-state index is -0.318. The number of hydrogen-bond acceptors (Lipinski definition) is 2. The summed E-state index contributed by atoms with van der Waals surface area (Å²) in [6.07, 6.45) is 1.54. The quantitative estimate of drug-likeness (QED) is 0.855. The molecule has 98 valence electrons. The number of carbonyl (C=O) groups excluding carboxylic acids is 1. The van der Waals surface area contributed by atoms with Crippen molar-refractivity contribution in [2.75, 3.05) is 19.1 Å². The van der Waals surface area contributed by atoms with Crippen LogP contribution in [0.1, 0.15) is 28.8 Å². The lowest BCUT2D eigenvalue weighted by Crippen LogP contribution is -2.53. The Morgan fingerprint density at radius 2 is 1.94 bits per heavy atom. The molecule has 1 fully saturated rings. The summed E-state index contributed by atoms with van der Waals surface area (Å²) in [5.74, 6) is 0.367. The van der Waals surface area contributed by atoms with Crippen molar-refractivity contribution in [3.63, 3.8) is 0 Å². The predicted octanol–water partition coefficient (Wildman–Crippen LogP) is 2.51. The molecule has 1 aliphatic heterocycles. The first-order chi connectivity index (χ1) is 8.65. The van der Waals surface area contributed by atoms with E-state index >= 15 is 0 Å². The van der Waals surface area contributed by atoms with Gasteiger partial charge >= 0.3 is 0 Å². The molecule has 2 rings (SSSR count). The molecule has 1 amide bonds. The third-order valence-corrected chi connectivity index (χ3v) is 3.91. The molecule has 1 aromatic carbocycles. The second-order valence-electron chi connectivity index (χ2n) is 4.85. The van der Waals surface area contributed by atoms with Crippen molar-refractivity contribution in [2.24, 2.45) is 0 Å². The van der Waals surface area contributed by atoms with Gasteiger partial charge in [-0.15, -0.1) is 11.6 Å². The summed E-state index contributed by atoms with van der Waals surface area (Å²) in [7, 11) is 0. The zero-order valence-corrected chi connectivity index (χ0v) is 11.3. The molecule has 0 aliphatic carbocycles. The number of alkyl halides is 1.